The first kappa shape index (κ1) is 16.2. The molecule has 0 amide bonds. The number of nitrogens with zero attached hydrogens (tertiary/aromatic N) is 2. The number of anilines is 1. The Bertz CT molecular complexity index is 572. The predicted molar refractivity (Wildman–Crippen MR) is 86.2 cm³/mol. The van der Waals surface area contributed by atoms with E-state index in [4.69, 9.17) is 0 Å². The van der Waals surface area contributed by atoms with Gasteiger partial charge >= 0.3 is 0 Å². The van der Waals surface area contributed by atoms with Gasteiger partial charge in [-0.2, -0.15) is 0 Å². The van der Waals surface area contributed by atoms with Crippen LogP contribution in [0.2, 0.25) is 0 Å². The van der Waals surface area contributed by atoms with Gasteiger partial charge in [0.2, 0.25) is 0 Å². The fourth-order valence-electron chi connectivity index (χ4n) is 2.57. The Morgan fingerprint density at radius 1 is 1.48 bits per heavy atom. The zero-order chi connectivity index (χ0) is 15.5. The molecule has 1 N–H and O–H groups in total. The summed E-state index contributed by atoms with van der Waals surface area (Å²) in [7, 11) is -2.89. The van der Waals surface area contributed by atoms with Crippen LogP contribution in [0.15, 0.2) is 18.3 Å². The van der Waals surface area contributed by atoms with Gasteiger partial charge in [0.25, 0.3) is 0 Å². The average Bonchev–Trinajstić information content (AvgIpc) is 2.37. The molecule has 1 aromatic heterocycles. The summed E-state index contributed by atoms with van der Waals surface area (Å²) in [6.45, 7) is 8.63. The summed E-state index contributed by atoms with van der Waals surface area (Å²) in [5.74, 6) is 1.93. The predicted octanol–water partition coefficient (Wildman–Crippen LogP) is 1.45. The molecule has 1 fully saturated rings. The van der Waals surface area contributed by atoms with E-state index in [1.807, 2.05) is 13.0 Å². The van der Waals surface area contributed by atoms with E-state index in [2.05, 4.69) is 35.1 Å². The van der Waals surface area contributed by atoms with Crippen LogP contribution in [0.1, 0.15) is 26.3 Å². The quantitative estimate of drug-likeness (QED) is 0.892. The molecule has 0 aliphatic carbocycles. The highest BCUT2D eigenvalue weighted by Crippen LogP contribution is 2.20. The topological polar surface area (TPSA) is 62.3 Å². The first-order valence-electron chi connectivity index (χ1n) is 7.50. The molecule has 0 bridgehead atoms. The number of pyridine rings is 1. The number of rotatable bonds is 5. The minimum atomic E-state index is -2.89. The third-order valence-corrected chi connectivity index (χ3v) is 5.45. The Hall–Kier alpha value is -1.14. The van der Waals surface area contributed by atoms with E-state index in [1.165, 1.54) is 5.56 Å². The Kier molecular flexibility index (Phi) is 5.22. The first-order valence-corrected chi connectivity index (χ1v) is 9.32. The van der Waals surface area contributed by atoms with E-state index in [1.54, 1.807) is 6.20 Å². The van der Waals surface area contributed by atoms with Crippen molar-refractivity contribution in [1.29, 1.82) is 0 Å². The molecule has 0 saturated carbocycles. The van der Waals surface area contributed by atoms with Crippen molar-refractivity contribution in [2.75, 3.05) is 29.5 Å². The lowest BCUT2D eigenvalue weighted by Gasteiger charge is -2.34. The lowest BCUT2D eigenvalue weighted by Crippen LogP contribution is -2.47. The minimum absolute atomic E-state index is 0.0184. The van der Waals surface area contributed by atoms with Crippen LogP contribution in [0.4, 0.5) is 5.82 Å². The zero-order valence-electron chi connectivity index (χ0n) is 13.0. The van der Waals surface area contributed by atoms with Crippen LogP contribution in [-0.2, 0) is 16.4 Å². The molecule has 6 heteroatoms. The summed E-state index contributed by atoms with van der Waals surface area (Å²) in [6, 6.07) is 4.04. The number of nitrogens with one attached hydrogen (secondary N) is 1. The van der Waals surface area contributed by atoms with Crippen molar-refractivity contribution in [3.8, 4) is 0 Å². The van der Waals surface area contributed by atoms with Gasteiger partial charge in [-0.25, -0.2) is 13.4 Å². The largest absolute Gasteiger partial charge is 0.352 e. The summed E-state index contributed by atoms with van der Waals surface area (Å²) in [6.07, 6.45) is 1.80. The van der Waals surface area contributed by atoms with E-state index < -0.39 is 9.84 Å². The summed E-state index contributed by atoms with van der Waals surface area (Å²) in [5.41, 5.74) is 1.18. The molecule has 1 aliphatic heterocycles. The molecule has 1 aromatic rings. The van der Waals surface area contributed by atoms with Crippen LogP contribution >= 0.6 is 0 Å². The second kappa shape index (κ2) is 6.75. The highest BCUT2D eigenvalue weighted by molar-refractivity contribution is 7.91. The molecular formula is C15H25N3O2S. The normalized spacial score (nSPS) is 21.7. The Balaban J connectivity index is 2.03. The Morgan fingerprint density at radius 2 is 2.24 bits per heavy atom. The highest BCUT2D eigenvalue weighted by Gasteiger charge is 2.28. The van der Waals surface area contributed by atoms with Crippen molar-refractivity contribution in [1.82, 2.24) is 10.3 Å². The first-order chi connectivity index (χ1) is 9.87. The van der Waals surface area contributed by atoms with Gasteiger partial charge in [0.05, 0.1) is 11.5 Å². The van der Waals surface area contributed by atoms with Crippen molar-refractivity contribution < 1.29 is 8.42 Å². The molecule has 1 saturated heterocycles. The SMILES string of the molecule is CC(C)CNCc1ccnc(N2CCS(=O)(=O)CC2C)c1. The molecule has 0 spiro atoms. The molecule has 2 heterocycles. The van der Waals surface area contributed by atoms with Crippen molar-refractivity contribution in [3.05, 3.63) is 23.9 Å². The maximum Gasteiger partial charge on any atom is 0.154 e. The van der Waals surface area contributed by atoms with Gasteiger partial charge in [-0.05, 0) is 37.1 Å². The Labute approximate surface area is 127 Å². The fourth-order valence-corrected chi connectivity index (χ4v) is 4.13. The molecule has 0 radical (unpaired) electrons. The van der Waals surface area contributed by atoms with Crippen LogP contribution in [-0.4, -0.2) is 44.0 Å². The minimum Gasteiger partial charge on any atom is -0.352 e. The Morgan fingerprint density at radius 3 is 2.90 bits per heavy atom. The maximum absolute atomic E-state index is 11.7. The summed E-state index contributed by atoms with van der Waals surface area (Å²) in [5, 5.41) is 3.41. The smallest absolute Gasteiger partial charge is 0.154 e. The average molecular weight is 311 g/mol. The molecule has 0 aromatic carbocycles. The van der Waals surface area contributed by atoms with Crippen molar-refractivity contribution in [2.45, 2.75) is 33.4 Å². The van der Waals surface area contributed by atoms with Crippen LogP contribution in [0.25, 0.3) is 0 Å². The van der Waals surface area contributed by atoms with Gasteiger partial charge in [0.1, 0.15) is 5.82 Å². The molecule has 1 unspecified atom stereocenters. The molecule has 118 valence electrons. The monoisotopic (exact) mass is 311 g/mol. The van der Waals surface area contributed by atoms with Crippen LogP contribution in [0.5, 0.6) is 0 Å². The summed E-state index contributed by atoms with van der Waals surface area (Å²) in [4.78, 5) is 6.50. The lowest BCUT2D eigenvalue weighted by molar-refractivity contribution is 0.551. The molecular weight excluding hydrogens is 286 g/mol. The summed E-state index contributed by atoms with van der Waals surface area (Å²) >= 11 is 0. The van der Waals surface area contributed by atoms with E-state index in [0.717, 1.165) is 18.9 Å². The van der Waals surface area contributed by atoms with Gasteiger partial charge < -0.3 is 10.2 Å². The van der Waals surface area contributed by atoms with Crippen molar-refractivity contribution in [3.63, 3.8) is 0 Å². The molecule has 1 aliphatic rings. The summed E-state index contributed by atoms with van der Waals surface area (Å²) < 4.78 is 23.3. The maximum atomic E-state index is 11.7. The number of sulfone groups is 1. The fraction of sp³-hybridized carbons (Fsp3) is 0.667. The van der Waals surface area contributed by atoms with Gasteiger partial charge in [0.15, 0.2) is 9.84 Å². The third kappa shape index (κ3) is 4.68. The number of aromatic nitrogens is 1. The standard InChI is InChI=1S/C15H25N3O2S/c1-12(2)9-16-10-14-4-5-17-15(8-14)18-6-7-21(19,20)11-13(18)3/h4-5,8,12-13,16H,6-7,9-11H2,1-3H3. The van der Waals surface area contributed by atoms with Crippen LogP contribution in [0.3, 0.4) is 0 Å². The van der Waals surface area contributed by atoms with E-state index in [9.17, 15) is 8.42 Å². The highest BCUT2D eigenvalue weighted by atomic mass is 32.2. The van der Waals surface area contributed by atoms with E-state index in [-0.39, 0.29) is 17.5 Å². The van der Waals surface area contributed by atoms with Crippen LogP contribution < -0.4 is 10.2 Å². The molecule has 2 rings (SSSR count). The number of hydrogen-bond donors (Lipinski definition) is 1. The zero-order valence-corrected chi connectivity index (χ0v) is 13.9. The third-order valence-electron chi connectivity index (χ3n) is 3.66. The lowest BCUT2D eigenvalue weighted by atomic mass is 10.2. The van der Waals surface area contributed by atoms with Gasteiger partial charge in [-0.3, -0.25) is 0 Å². The molecule has 21 heavy (non-hydrogen) atoms. The number of hydrogen-bond acceptors (Lipinski definition) is 5. The van der Waals surface area contributed by atoms with Gasteiger partial charge in [0, 0.05) is 25.3 Å². The molecule has 5 nitrogen and oxygen atoms in total. The van der Waals surface area contributed by atoms with Crippen LogP contribution in [0, 0.1) is 5.92 Å². The van der Waals surface area contributed by atoms with E-state index in [0.29, 0.717) is 12.5 Å². The van der Waals surface area contributed by atoms with Crippen molar-refractivity contribution in [2.24, 2.45) is 5.92 Å². The second-order valence-corrected chi connectivity index (χ2v) is 8.43. The van der Waals surface area contributed by atoms with Gasteiger partial charge in [-0.1, -0.05) is 13.8 Å². The van der Waals surface area contributed by atoms with E-state index >= 15 is 0 Å². The molecule has 1 atom stereocenters. The second-order valence-electron chi connectivity index (χ2n) is 6.20. The van der Waals surface area contributed by atoms with Gasteiger partial charge in [-0.15, -0.1) is 0 Å². The van der Waals surface area contributed by atoms with Crippen molar-refractivity contribution >= 4 is 15.7 Å².